The maximum absolute atomic E-state index is 4.44. The van der Waals surface area contributed by atoms with Gasteiger partial charge in [0.15, 0.2) is 0 Å². The summed E-state index contributed by atoms with van der Waals surface area (Å²) in [7, 11) is 0. The zero-order valence-electron chi connectivity index (χ0n) is 4.72. The van der Waals surface area contributed by atoms with Gasteiger partial charge in [-0.2, -0.15) is 0 Å². The van der Waals surface area contributed by atoms with Crippen molar-refractivity contribution in [3.63, 3.8) is 0 Å². The number of thiocarbonyl (C=S) groups is 1. The monoisotopic (exact) mass is 125 g/mol. The summed E-state index contributed by atoms with van der Waals surface area (Å²) < 4.78 is 0. The number of aliphatic imine (C=N–C) groups is 1. The molecule has 0 aliphatic heterocycles. The highest BCUT2D eigenvalue weighted by Crippen LogP contribution is 2.20. The van der Waals surface area contributed by atoms with Gasteiger partial charge in [0.1, 0.15) is 0 Å². The van der Waals surface area contributed by atoms with Crippen molar-refractivity contribution in [2.75, 3.05) is 0 Å². The Hall–Kier alpha value is -0.460. The standard InChI is InChI=1S/C6H7NS/c1-5-2-3-6(5)7-4-8/h2,6H,3H2,1H3. The summed E-state index contributed by atoms with van der Waals surface area (Å²) in [6.45, 7) is 2.06. The van der Waals surface area contributed by atoms with Crippen LogP contribution < -0.4 is 0 Å². The largest absolute Gasteiger partial charge is 0.224 e. The third-order valence-electron chi connectivity index (χ3n) is 1.40. The molecule has 0 aromatic carbocycles. The van der Waals surface area contributed by atoms with Gasteiger partial charge in [0, 0.05) is 0 Å². The highest BCUT2D eigenvalue weighted by atomic mass is 32.1. The van der Waals surface area contributed by atoms with Gasteiger partial charge >= 0.3 is 0 Å². The third kappa shape index (κ3) is 0.857. The summed E-state index contributed by atoms with van der Waals surface area (Å²) in [4.78, 5) is 3.91. The third-order valence-corrected chi connectivity index (χ3v) is 1.50. The Balaban J connectivity index is 2.55. The van der Waals surface area contributed by atoms with Crippen LogP contribution in [0.4, 0.5) is 0 Å². The fourth-order valence-corrected chi connectivity index (χ4v) is 0.804. The van der Waals surface area contributed by atoms with E-state index in [0.717, 1.165) is 6.42 Å². The quantitative estimate of drug-likeness (QED) is 0.296. The SMILES string of the molecule is CC1=CCC1N=C=S. The van der Waals surface area contributed by atoms with Crippen molar-refractivity contribution in [1.29, 1.82) is 0 Å². The highest BCUT2D eigenvalue weighted by molar-refractivity contribution is 7.78. The van der Waals surface area contributed by atoms with E-state index in [1.54, 1.807) is 0 Å². The molecular weight excluding hydrogens is 118 g/mol. The molecule has 0 fully saturated rings. The van der Waals surface area contributed by atoms with Crippen LogP contribution in [0, 0.1) is 0 Å². The second kappa shape index (κ2) is 2.21. The van der Waals surface area contributed by atoms with Gasteiger partial charge in [0.2, 0.25) is 0 Å². The first-order valence-corrected chi connectivity index (χ1v) is 2.99. The van der Waals surface area contributed by atoms with Gasteiger partial charge in [-0.15, -0.1) is 0 Å². The van der Waals surface area contributed by atoms with Gasteiger partial charge in [0.05, 0.1) is 11.2 Å². The van der Waals surface area contributed by atoms with E-state index in [0.29, 0.717) is 6.04 Å². The molecule has 1 unspecified atom stereocenters. The predicted molar refractivity (Wildman–Crippen MR) is 37.2 cm³/mol. The van der Waals surface area contributed by atoms with Crippen LogP contribution >= 0.6 is 12.2 Å². The smallest absolute Gasteiger partial charge is 0.0844 e. The topological polar surface area (TPSA) is 12.4 Å². The van der Waals surface area contributed by atoms with Crippen LogP contribution in [-0.2, 0) is 0 Å². The molecule has 1 aliphatic carbocycles. The van der Waals surface area contributed by atoms with Crippen molar-refractivity contribution in [2.24, 2.45) is 4.99 Å². The minimum atomic E-state index is 0.368. The van der Waals surface area contributed by atoms with Gasteiger partial charge < -0.3 is 0 Å². The van der Waals surface area contributed by atoms with Crippen molar-refractivity contribution in [2.45, 2.75) is 19.4 Å². The van der Waals surface area contributed by atoms with E-state index < -0.39 is 0 Å². The number of hydrogen-bond donors (Lipinski definition) is 0. The lowest BCUT2D eigenvalue weighted by Crippen LogP contribution is -2.12. The summed E-state index contributed by atoms with van der Waals surface area (Å²) in [5.41, 5.74) is 1.32. The second-order valence-electron chi connectivity index (χ2n) is 1.92. The number of hydrogen-bond acceptors (Lipinski definition) is 2. The second-order valence-corrected chi connectivity index (χ2v) is 2.10. The Bertz CT molecular complexity index is 165. The highest BCUT2D eigenvalue weighted by Gasteiger charge is 2.14. The number of rotatable bonds is 1. The lowest BCUT2D eigenvalue weighted by atomic mass is 9.95. The molecule has 8 heavy (non-hydrogen) atoms. The van der Waals surface area contributed by atoms with Crippen LogP contribution in [0.2, 0.25) is 0 Å². The van der Waals surface area contributed by atoms with Gasteiger partial charge in [0.25, 0.3) is 0 Å². The maximum atomic E-state index is 4.44. The molecule has 0 radical (unpaired) electrons. The summed E-state index contributed by atoms with van der Waals surface area (Å²) in [6, 6.07) is 0.368. The molecule has 0 bridgehead atoms. The molecule has 1 rings (SSSR count). The van der Waals surface area contributed by atoms with Crippen molar-refractivity contribution < 1.29 is 0 Å². The molecule has 0 heterocycles. The van der Waals surface area contributed by atoms with Crippen molar-refractivity contribution in [3.8, 4) is 0 Å². The molecule has 0 N–H and O–H groups in total. The average molecular weight is 125 g/mol. The van der Waals surface area contributed by atoms with Crippen LogP contribution in [0.25, 0.3) is 0 Å². The first-order chi connectivity index (χ1) is 3.84. The first kappa shape index (κ1) is 5.67. The van der Waals surface area contributed by atoms with Crippen LogP contribution in [0.15, 0.2) is 16.6 Å². The van der Waals surface area contributed by atoms with E-state index in [1.165, 1.54) is 5.57 Å². The van der Waals surface area contributed by atoms with Crippen LogP contribution in [0.5, 0.6) is 0 Å². The van der Waals surface area contributed by atoms with Crippen molar-refractivity contribution in [1.82, 2.24) is 0 Å². The fourth-order valence-electron chi connectivity index (χ4n) is 0.677. The van der Waals surface area contributed by atoms with Gasteiger partial charge in [-0.05, 0) is 25.6 Å². The van der Waals surface area contributed by atoms with Gasteiger partial charge in [-0.1, -0.05) is 11.6 Å². The van der Waals surface area contributed by atoms with Crippen LogP contribution in [0.1, 0.15) is 13.3 Å². The number of nitrogens with zero attached hydrogens (tertiary/aromatic N) is 1. The Morgan fingerprint density at radius 1 is 2.00 bits per heavy atom. The molecule has 2 heteroatoms. The Kier molecular flexibility index (Phi) is 1.56. The zero-order valence-corrected chi connectivity index (χ0v) is 5.53. The molecule has 0 saturated heterocycles. The molecule has 1 atom stereocenters. The molecule has 0 spiro atoms. The Morgan fingerprint density at radius 2 is 2.75 bits per heavy atom. The number of isothiocyanates is 1. The molecule has 1 aliphatic rings. The van der Waals surface area contributed by atoms with Crippen LogP contribution in [0.3, 0.4) is 0 Å². The van der Waals surface area contributed by atoms with Crippen molar-refractivity contribution in [3.05, 3.63) is 11.6 Å². The molecule has 0 aromatic heterocycles. The Labute approximate surface area is 54.1 Å². The summed E-state index contributed by atoms with van der Waals surface area (Å²) >= 11 is 4.44. The summed E-state index contributed by atoms with van der Waals surface area (Å²) in [5.74, 6) is 0. The Morgan fingerprint density at radius 3 is 2.88 bits per heavy atom. The molecule has 0 saturated carbocycles. The summed E-state index contributed by atoms with van der Waals surface area (Å²) in [5, 5.41) is 2.37. The average Bonchev–Trinajstić information content (AvgIpc) is 1.79. The van der Waals surface area contributed by atoms with Crippen LogP contribution in [-0.4, -0.2) is 11.2 Å². The van der Waals surface area contributed by atoms with E-state index >= 15 is 0 Å². The van der Waals surface area contributed by atoms with E-state index in [1.807, 2.05) is 0 Å². The van der Waals surface area contributed by atoms with E-state index in [4.69, 9.17) is 0 Å². The van der Waals surface area contributed by atoms with E-state index in [-0.39, 0.29) is 0 Å². The van der Waals surface area contributed by atoms with E-state index in [9.17, 15) is 0 Å². The molecule has 1 nitrogen and oxygen atoms in total. The predicted octanol–water partition coefficient (Wildman–Crippen LogP) is 1.81. The molecule has 0 amide bonds. The normalized spacial score (nSPS) is 25.1. The molecular formula is C6H7NS. The fraction of sp³-hybridized carbons (Fsp3) is 0.500. The van der Waals surface area contributed by atoms with E-state index in [2.05, 4.69) is 35.4 Å². The summed E-state index contributed by atoms with van der Waals surface area (Å²) in [6.07, 6.45) is 3.20. The first-order valence-electron chi connectivity index (χ1n) is 2.58. The van der Waals surface area contributed by atoms with Crippen molar-refractivity contribution >= 4 is 17.4 Å². The molecule has 0 aromatic rings. The maximum Gasteiger partial charge on any atom is 0.0844 e. The minimum Gasteiger partial charge on any atom is -0.224 e. The zero-order chi connectivity index (χ0) is 5.98. The lowest BCUT2D eigenvalue weighted by Gasteiger charge is -2.17. The lowest BCUT2D eigenvalue weighted by molar-refractivity contribution is 0.717. The van der Waals surface area contributed by atoms with Gasteiger partial charge in [-0.25, -0.2) is 4.99 Å². The van der Waals surface area contributed by atoms with Gasteiger partial charge in [-0.3, -0.25) is 0 Å². The molecule has 42 valence electrons. The minimum absolute atomic E-state index is 0.368.